The number of nitrogens with two attached hydrogens (primary N) is 1. The normalized spacial score (nSPS) is 18.3. The van der Waals surface area contributed by atoms with Crippen molar-refractivity contribution in [1.82, 2.24) is 19.9 Å². The molecule has 1 atom stereocenters. The molecule has 1 fully saturated rings. The second-order valence-electron chi connectivity index (χ2n) is 5.15. The number of hydrogen-bond donors (Lipinski definition) is 1. The van der Waals surface area contributed by atoms with Crippen molar-refractivity contribution in [2.24, 2.45) is 0 Å². The van der Waals surface area contributed by atoms with E-state index in [0.717, 1.165) is 31.6 Å². The van der Waals surface area contributed by atoms with Crippen LogP contribution in [0.5, 0.6) is 6.01 Å². The van der Waals surface area contributed by atoms with Crippen LogP contribution in [-0.2, 0) is 0 Å². The zero-order chi connectivity index (χ0) is 15.5. The SMILES string of the molecule is COc1ncc(Cl)c(N2CCCC(c3ccnc(N)n3)C2)n1. The molecule has 0 spiro atoms. The topological polar surface area (TPSA) is 90.0 Å². The molecule has 0 bridgehead atoms. The third-order valence-electron chi connectivity index (χ3n) is 3.72. The molecule has 0 aliphatic carbocycles. The number of aromatic nitrogens is 4. The minimum Gasteiger partial charge on any atom is -0.467 e. The lowest BCUT2D eigenvalue weighted by Crippen LogP contribution is -2.35. The van der Waals surface area contributed by atoms with Crippen LogP contribution in [0.1, 0.15) is 24.5 Å². The maximum absolute atomic E-state index is 6.24. The summed E-state index contributed by atoms with van der Waals surface area (Å²) >= 11 is 6.24. The maximum Gasteiger partial charge on any atom is 0.318 e. The lowest BCUT2D eigenvalue weighted by atomic mass is 9.94. The van der Waals surface area contributed by atoms with Crippen LogP contribution in [0.25, 0.3) is 0 Å². The fourth-order valence-corrected chi connectivity index (χ4v) is 2.90. The molecule has 0 radical (unpaired) electrons. The first-order chi connectivity index (χ1) is 10.7. The van der Waals surface area contributed by atoms with Crippen LogP contribution in [0.4, 0.5) is 11.8 Å². The van der Waals surface area contributed by atoms with Gasteiger partial charge in [-0.05, 0) is 18.9 Å². The summed E-state index contributed by atoms with van der Waals surface area (Å²) in [5, 5.41) is 0.517. The number of ether oxygens (including phenoxy) is 1. The third-order valence-corrected chi connectivity index (χ3v) is 3.99. The van der Waals surface area contributed by atoms with Gasteiger partial charge in [0.15, 0.2) is 5.82 Å². The van der Waals surface area contributed by atoms with Gasteiger partial charge in [0.2, 0.25) is 5.95 Å². The first-order valence-corrected chi connectivity index (χ1v) is 7.45. The summed E-state index contributed by atoms with van der Waals surface area (Å²) in [6.45, 7) is 1.66. The summed E-state index contributed by atoms with van der Waals surface area (Å²) in [6.07, 6.45) is 5.33. The van der Waals surface area contributed by atoms with E-state index in [-0.39, 0.29) is 5.92 Å². The number of nitrogen functional groups attached to an aromatic ring is 1. The quantitative estimate of drug-likeness (QED) is 0.923. The summed E-state index contributed by atoms with van der Waals surface area (Å²) in [6, 6.07) is 2.22. The van der Waals surface area contributed by atoms with Crippen molar-refractivity contribution >= 4 is 23.4 Å². The number of halogens is 1. The van der Waals surface area contributed by atoms with E-state index in [1.165, 1.54) is 7.11 Å². The Kier molecular flexibility index (Phi) is 4.24. The molecule has 7 nitrogen and oxygen atoms in total. The van der Waals surface area contributed by atoms with Crippen molar-refractivity contribution in [2.75, 3.05) is 30.8 Å². The second-order valence-corrected chi connectivity index (χ2v) is 5.56. The molecule has 2 N–H and O–H groups in total. The first kappa shape index (κ1) is 14.8. The highest BCUT2D eigenvalue weighted by atomic mass is 35.5. The molecule has 8 heteroatoms. The summed E-state index contributed by atoms with van der Waals surface area (Å²) in [5.41, 5.74) is 6.63. The molecule has 2 aromatic rings. The molecule has 1 unspecified atom stereocenters. The fraction of sp³-hybridized carbons (Fsp3) is 0.429. The van der Waals surface area contributed by atoms with Crippen molar-refractivity contribution in [3.8, 4) is 6.01 Å². The number of nitrogens with zero attached hydrogens (tertiary/aromatic N) is 5. The number of anilines is 2. The molecular weight excluding hydrogens is 304 g/mol. The summed E-state index contributed by atoms with van der Waals surface area (Å²) in [5.74, 6) is 1.27. The minimum atomic E-state index is 0.274. The predicted octanol–water partition coefficient (Wildman–Crippen LogP) is 1.89. The number of methoxy groups -OCH3 is 1. The van der Waals surface area contributed by atoms with Crippen LogP contribution in [0.3, 0.4) is 0 Å². The Morgan fingerprint density at radius 3 is 3.00 bits per heavy atom. The Labute approximate surface area is 133 Å². The van der Waals surface area contributed by atoms with Gasteiger partial charge in [-0.2, -0.15) is 4.98 Å². The molecule has 1 aliphatic rings. The van der Waals surface area contributed by atoms with Crippen LogP contribution in [0, 0.1) is 0 Å². The van der Waals surface area contributed by atoms with E-state index < -0.39 is 0 Å². The Balaban J connectivity index is 1.84. The number of piperidine rings is 1. The minimum absolute atomic E-state index is 0.274. The molecular formula is C14H17ClN6O. The van der Waals surface area contributed by atoms with Gasteiger partial charge in [-0.15, -0.1) is 0 Å². The van der Waals surface area contributed by atoms with E-state index in [0.29, 0.717) is 22.8 Å². The third kappa shape index (κ3) is 3.04. The maximum atomic E-state index is 6.24. The van der Waals surface area contributed by atoms with Gasteiger partial charge < -0.3 is 15.4 Å². The summed E-state index contributed by atoms with van der Waals surface area (Å²) in [4.78, 5) is 18.8. The van der Waals surface area contributed by atoms with E-state index in [9.17, 15) is 0 Å². The zero-order valence-corrected chi connectivity index (χ0v) is 13.0. The highest BCUT2D eigenvalue weighted by Crippen LogP contribution is 2.32. The molecule has 1 saturated heterocycles. The monoisotopic (exact) mass is 320 g/mol. The van der Waals surface area contributed by atoms with Crippen molar-refractivity contribution < 1.29 is 4.74 Å². The molecule has 116 valence electrons. The molecule has 0 amide bonds. The van der Waals surface area contributed by atoms with Gasteiger partial charge in [0.25, 0.3) is 0 Å². The van der Waals surface area contributed by atoms with Gasteiger partial charge in [-0.3, -0.25) is 0 Å². The smallest absolute Gasteiger partial charge is 0.318 e. The standard InChI is InChI=1S/C14H17ClN6O/c1-22-14-18-7-10(15)12(20-14)21-6-2-3-9(8-21)11-4-5-17-13(16)19-11/h4-5,7,9H,2-3,6,8H2,1H3,(H2,16,17,19). The van der Waals surface area contributed by atoms with Crippen LogP contribution in [0.15, 0.2) is 18.5 Å². The average Bonchev–Trinajstić information content (AvgIpc) is 2.55. The highest BCUT2D eigenvalue weighted by molar-refractivity contribution is 6.32. The van der Waals surface area contributed by atoms with Crippen LogP contribution in [0.2, 0.25) is 5.02 Å². The zero-order valence-electron chi connectivity index (χ0n) is 12.2. The molecule has 3 heterocycles. The largest absolute Gasteiger partial charge is 0.467 e. The molecule has 0 saturated carbocycles. The first-order valence-electron chi connectivity index (χ1n) is 7.07. The lowest BCUT2D eigenvalue weighted by molar-refractivity contribution is 0.379. The van der Waals surface area contributed by atoms with Gasteiger partial charge in [0, 0.05) is 25.2 Å². The Bertz CT molecular complexity index is 668. The molecule has 3 rings (SSSR count). The van der Waals surface area contributed by atoms with Gasteiger partial charge in [-0.1, -0.05) is 11.6 Å². The van der Waals surface area contributed by atoms with Gasteiger partial charge >= 0.3 is 6.01 Å². The predicted molar refractivity (Wildman–Crippen MR) is 84.2 cm³/mol. The summed E-state index contributed by atoms with van der Waals surface area (Å²) < 4.78 is 5.08. The fourth-order valence-electron chi connectivity index (χ4n) is 2.69. The van der Waals surface area contributed by atoms with Gasteiger partial charge in [0.1, 0.15) is 5.02 Å². The van der Waals surface area contributed by atoms with Crippen molar-refractivity contribution in [3.05, 3.63) is 29.2 Å². The number of rotatable bonds is 3. The highest BCUT2D eigenvalue weighted by Gasteiger charge is 2.25. The number of hydrogen-bond acceptors (Lipinski definition) is 7. The Hall–Kier alpha value is -2.15. The molecule has 0 aromatic carbocycles. The Morgan fingerprint density at radius 2 is 2.23 bits per heavy atom. The van der Waals surface area contributed by atoms with Crippen molar-refractivity contribution in [1.29, 1.82) is 0 Å². The average molecular weight is 321 g/mol. The lowest BCUT2D eigenvalue weighted by Gasteiger charge is -2.33. The van der Waals surface area contributed by atoms with Crippen LogP contribution in [-0.4, -0.2) is 40.1 Å². The van der Waals surface area contributed by atoms with Crippen molar-refractivity contribution in [2.45, 2.75) is 18.8 Å². The van der Waals surface area contributed by atoms with E-state index in [1.807, 2.05) is 6.07 Å². The van der Waals surface area contributed by atoms with E-state index >= 15 is 0 Å². The molecule has 1 aliphatic heterocycles. The van der Waals surface area contributed by atoms with Crippen LogP contribution >= 0.6 is 11.6 Å². The van der Waals surface area contributed by atoms with Crippen LogP contribution < -0.4 is 15.4 Å². The summed E-state index contributed by atoms with van der Waals surface area (Å²) in [7, 11) is 1.54. The molecule has 2 aromatic heterocycles. The Morgan fingerprint density at radius 1 is 1.36 bits per heavy atom. The van der Waals surface area contributed by atoms with Gasteiger partial charge in [0.05, 0.1) is 19.0 Å². The van der Waals surface area contributed by atoms with E-state index in [2.05, 4.69) is 24.8 Å². The van der Waals surface area contributed by atoms with Crippen molar-refractivity contribution in [3.63, 3.8) is 0 Å². The second kappa shape index (κ2) is 6.31. The van der Waals surface area contributed by atoms with Gasteiger partial charge in [-0.25, -0.2) is 15.0 Å². The van der Waals surface area contributed by atoms with E-state index in [4.69, 9.17) is 22.1 Å². The van der Waals surface area contributed by atoms with E-state index in [1.54, 1.807) is 12.4 Å². The molecule has 22 heavy (non-hydrogen) atoms.